The molecule has 1 aromatic carbocycles. The molecule has 0 bridgehead atoms. The molecule has 1 fully saturated rings. The normalized spacial score (nSPS) is 15.0. The molecule has 5 nitrogen and oxygen atoms in total. The molecule has 1 atom stereocenters. The maximum Gasteiger partial charge on any atom is 0.239 e. The maximum absolute atomic E-state index is 12.0. The molecule has 5 heteroatoms. The van der Waals surface area contributed by atoms with Crippen molar-refractivity contribution < 1.29 is 4.79 Å². The number of nitrogens with one attached hydrogen (secondary N) is 2. The third-order valence-electron chi connectivity index (χ3n) is 4.11. The Balaban J connectivity index is 1.60. The van der Waals surface area contributed by atoms with Crippen LogP contribution in [0.5, 0.6) is 0 Å². The quantitative estimate of drug-likeness (QED) is 0.861. The van der Waals surface area contributed by atoms with Crippen LogP contribution in [0.2, 0.25) is 0 Å². The minimum absolute atomic E-state index is 0.0349. The molecule has 0 unspecified atom stereocenters. The molecule has 1 aliphatic rings. The summed E-state index contributed by atoms with van der Waals surface area (Å²) in [7, 11) is 0. The molecule has 0 spiro atoms. The molecule has 0 radical (unpaired) electrons. The molecule has 3 rings (SSSR count). The average Bonchev–Trinajstić information content (AvgIpc) is 3.38. The standard InChI is InChI=1S/C18H22N4O/c1-12(14-6-7-14)21-18(23)11-20-16-5-3-4-15(10-16)17-8-9-19-13(2)22-17/h3-5,8-10,12,14,20H,6-7,11H2,1-2H3,(H,21,23)/t12-/m1/s1. The molecular weight excluding hydrogens is 288 g/mol. The van der Waals surface area contributed by atoms with Gasteiger partial charge in [0, 0.05) is 23.5 Å². The third-order valence-corrected chi connectivity index (χ3v) is 4.11. The molecule has 120 valence electrons. The number of carbonyl (C=O) groups is 1. The lowest BCUT2D eigenvalue weighted by Gasteiger charge is -2.14. The number of rotatable bonds is 6. The number of aryl methyl sites for hydroxylation is 1. The zero-order chi connectivity index (χ0) is 16.2. The highest BCUT2D eigenvalue weighted by atomic mass is 16.1. The summed E-state index contributed by atoms with van der Waals surface area (Å²) >= 11 is 0. The largest absolute Gasteiger partial charge is 0.376 e. The molecule has 1 amide bonds. The van der Waals surface area contributed by atoms with Crippen LogP contribution in [0.3, 0.4) is 0 Å². The third kappa shape index (κ3) is 4.28. The number of anilines is 1. The fraction of sp³-hybridized carbons (Fsp3) is 0.389. The van der Waals surface area contributed by atoms with Crippen molar-refractivity contribution in [2.45, 2.75) is 32.7 Å². The monoisotopic (exact) mass is 310 g/mol. The zero-order valence-corrected chi connectivity index (χ0v) is 13.5. The summed E-state index contributed by atoms with van der Waals surface area (Å²) in [6.07, 6.45) is 4.22. The van der Waals surface area contributed by atoms with Crippen molar-refractivity contribution in [3.63, 3.8) is 0 Å². The summed E-state index contributed by atoms with van der Waals surface area (Å²) in [6.45, 7) is 4.23. The predicted molar refractivity (Wildman–Crippen MR) is 91.0 cm³/mol. The summed E-state index contributed by atoms with van der Waals surface area (Å²) in [4.78, 5) is 20.5. The van der Waals surface area contributed by atoms with Gasteiger partial charge < -0.3 is 10.6 Å². The molecule has 1 heterocycles. The van der Waals surface area contributed by atoms with Crippen molar-refractivity contribution in [3.05, 3.63) is 42.4 Å². The first-order chi connectivity index (χ1) is 11.1. The molecule has 1 aliphatic carbocycles. The lowest BCUT2D eigenvalue weighted by Crippen LogP contribution is -2.37. The Labute approximate surface area is 136 Å². The van der Waals surface area contributed by atoms with E-state index < -0.39 is 0 Å². The number of aromatic nitrogens is 2. The first kappa shape index (κ1) is 15.5. The number of carbonyl (C=O) groups excluding carboxylic acids is 1. The van der Waals surface area contributed by atoms with Crippen LogP contribution in [0.4, 0.5) is 5.69 Å². The Kier molecular flexibility index (Phi) is 4.55. The van der Waals surface area contributed by atoms with Crippen LogP contribution in [0.15, 0.2) is 36.5 Å². The number of hydrogen-bond donors (Lipinski definition) is 2. The van der Waals surface area contributed by atoms with Crippen molar-refractivity contribution >= 4 is 11.6 Å². The van der Waals surface area contributed by atoms with Gasteiger partial charge in [-0.25, -0.2) is 9.97 Å². The highest BCUT2D eigenvalue weighted by molar-refractivity contribution is 5.81. The minimum Gasteiger partial charge on any atom is -0.376 e. The summed E-state index contributed by atoms with van der Waals surface area (Å²) in [5, 5.41) is 6.22. The van der Waals surface area contributed by atoms with Crippen LogP contribution in [0.1, 0.15) is 25.6 Å². The van der Waals surface area contributed by atoms with Crippen LogP contribution in [0.25, 0.3) is 11.3 Å². The Morgan fingerprint density at radius 1 is 1.35 bits per heavy atom. The first-order valence-corrected chi connectivity index (χ1v) is 8.05. The van der Waals surface area contributed by atoms with Gasteiger partial charge >= 0.3 is 0 Å². The molecule has 2 aromatic rings. The van der Waals surface area contributed by atoms with Crippen molar-refractivity contribution in [3.8, 4) is 11.3 Å². The molecule has 1 aromatic heterocycles. The Bertz CT molecular complexity index is 697. The van der Waals surface area contributed by atoms with E-state index in [1.165, 1.54) is 12.8 Å². The van der Waals surface area contributed by atoms with Gasteiger partial charge in [-0.1, -0.05) is 12.1 Å². The lowest BCUT2D eigenvalue weighted by molar-refractivity contribution is -0.120. The van der Waals surface area contributed by atoms with Gasteiger partial charge in [0.2, 0.25) is 5.91 Å². The molecule has 0 saturated heterocycles. The lowest BCUT2D eigenvalue weighted by atomic mass is 10.1. The van der Waals surface area contributed by atoms with Crippen LogP contribution in [-0.4, -0.2) is 28.5 Å². The second-order valence-electron chi connectivity index (χ2n) is 6.12. The van der Waals surface area contributed by atoms with Crippen LogP contribution >= 0.6 is 0 Å². The number of nitrogens with zero attached hydrogens (tertiary/aromatic N) is 2. The van der Waals surface area contributed by atoms with Gasteiger partial charge in [-0.15, -0.1) is 0 Å². The van der Waals surface area contributed by atoms with E-state index in [0.29, 0.717) is 5.92 Å². The highest BCUT2D eigenvalue weighted by Gasteiger charge is 2.28. The van der Waals surface area contributed by atoms with Crippen molar-refractivity contribution in [1.82, 2.24) is 15.3 Å². The van der Waals surface area contributed by atoms with Gasteiger partial charge in [-0.3, -0.25) is 4.79 Å². The molecule has 1 saturated carbocycles. The Morgan fingerprint density at radius 2 is 2.17 bits per heavy atom. The second kappa shape index (κ2) is 6.77. The maximum atomic E-state index is 12.0. The summed E-state index contributed by atoms with van der Waals surface area (Å²) < 4.78 is 0. The van der Waals surface area contributed by atoms with Crippen molar-refractivity contribution in [2.75, 3.05) is 11.9 Å². The fourth-order valence-corrected chi connectivity index (χ4v) is 2.61. The van der Waals surface area contributed by atoms with Gasteiger partial charge in [0.25, 0.3) is 0 Å². The van der Waals surface area contributed by atoms with Gasteiger partial charge in [-0.2, -0.15) is 0 Å². The Hall–Kier alpha value is -2.43. The van der Waals surface area contributed by atoms with Crippen LogP contribution < -0.4 is 10.6 Å². The van der Waals surface area contributed by atoms with Crippen molar-refractivity contribution in [2.24, 2.45) is 5.92 Å². The van der Waals surface area contributed by atoms with Crippen molar-refractivity contribution in [1.29, 1.82) is 0 Å². The second-order valence-corrected chi connectivity index (χ2v) is 6.12. The van der Waals surface area contributed by atoms with E-state index in [1.54, 1.807) is 6.20 Å². The minimum atomic E-state index is 0.0349. The smallest absolute Gasteiger partial charge is 0.239 e. The van der Waals surface area contributed by atoms with E-state index in [1.807, 2.05) is 37.3 Å². The van der Waals surface area contributed by atoms with E-state index in [0.717, 1.165) is 22.8 Å². The average molecular weight is 310 g/mol. The van der Waals surface area contributed by atoms with E-state index in [2.05, 4.69) is 27.5 Å². The topological polar surface area (TPSA) is 66.9 Å². The van der Waals surface area contributed by atoms with E-state index >= 15 is 0 Å². The van der Waals surface area contributed by atoms with Crippen LogP contribution in [0, 0.1) is 12.8 Å². The number of hydrogen-bond acceptors (Lipinski definition) is 4. The number of benzene rings is 1. The molecule has 23 heavy (non-hydrogen) atoms. The number of amides is 1. The SMILES string of the molecule is Cc1nccc(-c2cccc(NCC(=O)N[C@H](C)C3CC3)c2)n1. The highest BCUT2D eigenvalue weighted by Crippen LogP contribution is 2.32. The van der Waals surface area contributed by atoms with Gasteiger partial charge in [0.15, 0.2) is 0 Å². The molecule has 0 aliphatic heterocycles. The summed E-state index contributed by atoms with van der Waals surface area (Å²) in [6, 6.07) is 10.1. The first-order valence-electron chi connectivity index (χ1n) is 8.05. The fourth-order valence-electron chi connectivity index (χ4n) is 2.61. The van der Waals surface area contributed by atoms with E-state index in [4.69, 9.17) is 0 Å². The van der Waals surface area contributed by atoms with E-state index in [-0.39, 0.29) is 18.5 Å². The zero-order valence-electron chi connectivity index (χ0n) is 13.5. The molecule has 2 N–H and O–H groups in total. The van der Waals surface area contributed by atoms with Gasteiger partial charge in [0.1, 0.15) is 5.82 Å². The van der Waals surface area contributed by atoms with Crippen LogP contribution in [-0.2, 0) is 4.79 Å². The summed E-state index contributed by atoms with van der Waals surface area (Å²) in [5.41, 5.74) is 2.80. The van der Waals surface area contributed by atoms with E-state index in [9.17, 15) is 4.79 Å². The Morgan fingerprint density at radius 3 is 2.91 bits per heavy atom. The molecular formula is C18H22N4O. The van der Waals surface area contributed by atoms with Gasteiger partial charge in [-0.05, 0) is 50.8 Å². The predicted octanol–water partition coefficient (Wildman–Crippen LogP) is 2.78. The van der Waals surface area contributed by atoms with Gasteiger partial charge in [0.05, 0.1) is 12.2 Å². The summed E-state index contributed by atoms with van der Waals surface area (Å²) in [5.74, 6) is 1.45.